The lowest BCUT2D eigenvalue weighted by atomic mass is 10.1. The number of carbonyl (C=O) groups is 2. The van der Waals surface area contributed by atoms with Gasteiger partial charge in [-0.1, -0.05) is 30.3 Å². The highest BCUT2D eigenvalue weighted by Gasteiger charge is 2.23. The smallest absolute Gasteiger partial charge is 0.326 e. The van der Waals surface area contributed by atoms with Gasteiger partial charge in [0.1, 0.15) is 11.6 Å². The first kappa shape index (κ1) is 21.7. The zero-order valence-electron chi connectivity index (χ0n) is 16.1. The maximum Gasteiger partial charge on any atom is 0.326 e. The number of pyridine rings is 1. The first-order valence-electron chi connectivity index (χ1n) is 9.16. The SMILES string of the molecule is CC(c1ccccc1)n1cccc(C(=O)N[C@@H](CCCN=C(N)N)C(=O)O)c1=O. The summed E-state index contributed by atoms with van der Waals surface area (Å²) in [7, 11) is 0. The number of aliphatic carboxylic acids is 1. The van der Waals surface area contributed by atoms with Gasteiger partial charge in [-0.3, -0.25) is 14.6 Å². The van der Waals surface area contributed by atoms with Crippen molar-refractivity contribution in [1.82, 2.24) is 9.88 Å². The normalized spacial score (nSPS) is 12.6. The van der Waals surface area contributed by atoms with Crippen LogP contribution in [-0.4, -0.2) is 40.1 Å². The molecule has 2 atom stereocenters. The zero-order chi connectivity index (χ0) is 21.4. The van der Waals surface area contributed by atoms with Crippen molar-refractivity contribution in [3.63, 3.8) is 0 Å². The van der Waals surface area contributed by atoms with E-state index in [4.69, 9.17) is 11.5 Å². The molecule has 0 spiro atoms. The summed E-state index contributed by atoms with van der Waals surface area (Å²) >= 11 is 0. The van der Waals surface area contributed by atoms with Crippen molar-refractivity contribution in [2.45, 2.75) is 31.8 Å². The van der Waals surface area contributed by atoms with Gasteiger partial charge in [-0.15, -0.1) is 0 Å². The van der Waals surface area contributed by atoms with E-state index < -0.39 is 23.5 Å². The first-order valence-corrected chi connectivity index (χ1v) is 9.16. The number of nitrogens with one attached hydrogen (secondary N) is 1. The molecule has 0 aliphatic rings. The van der Waals surface area contributed by atoms with E-state index in [1.807, 2.05) is 37.3 Å². The quantitative estimate of drug-likeness (QED) is 0.276. The van der Waals surface area contributed by atoms with Crippen LogP contribution >= 0.6 is 0 Å². The number of amides is 1. The topological polar surface area (TPSA) is 153 Å². The summed E-state index contributed by atoms with van der Waals surface area (Å²) in [6.45, 7) is 2.09. The highest BCUT2D eigenvalue weighted by atomic mass is 16.4. The van der Waals surface area contributed by atoms with E-state index >= 15 is 0 Å². The summed E-state index contributed by atoms with van der Waals surface area (Å²) in [6, 6.07) is 10.9. The number of nitrogens with zero attached hydrogens (tertiary/aromatic N) is 2. The Morgan fingerprint density at radius 2 is 1.86 bits per heavy atom. The van der Waals surface area contributed by atoms with Crippen molar-refractivity contribution in [3.05, 3.63) is 70.1 Å². The van der Waals surface area contributed by atoms with Gasteiger partial charge < -0.3 is 26.5 Å². The molecule has 0 aliphatic heterocycles. The second-order valence-electron chi connectivity index (χ2n) is 6.53. The minimum atomic E-state index is -1.20. The number of hydrogen-bond donors (Lipinski definition) is 4. The average Bonchev–Trinajstić information content (AvgIpc) is 2.70. The maximum absolute atomic E-state index is 12.8. The Labute approximate surface area is 168 Å². The molecule has 1 aromatic carbocycles. The van der Waals surface area contributed by atoms with Crippen LogP contribution in [0.3, 0.4) is 0 Å². The van der Waals surface area contributed by atoms with Crippen molar-refractivity contribution in [3.8, 4) is 0 Å². The Bertz CT molecular complexity index is 935. The zero-order valence-corrected chi connectivity index (χ0v) is 16.1. The monoisotopic (exact) mass is 399 g/mol. The molecule has 9 nitrogen and oxygen atoms in total. The van der Waals surface area contributed by atoms with Gasteiger partial charge >= 0.3 is 5.97 Å². The van der Waals surface area contributed by atoms with Crippen LogP contribution in [0.25, 0.3) is 0 Å². The number of guanidine groups is 1. The molecule has 0 aliphatic carbocycles. The largest absolute Gasteiger partial charge is 0.480 e. The number of aliphatic imine (C=N–C) groups is 1. The minimum Gasteiger partial charge on any atom is -0.480 e. The third-order valence-electron chi connectivity index (χ3n) is 4.47. The van der Waals surface area contributed by atoms with Crippen LogP contribution in [-0.2, 0) is 4.79 Å². The number of nitrogens with two attached hydrogens (primary N) is 2. The molecule has 29 heavy (non-hydrogen) atoms. The van der Waals surface area contributed by atoms with Gasteiger partial charge in [-0.2, -0.15) is 0 Å². The van der Waals surface area contributed by atoms with Crippen LogP contribution in [0.2, 0.25) is 0 Å². The molecule has 1 amide bonds. The first-order chi connectivity index (χ1) is 13.8. The van der Waals surface area contributed by atoms with E-state index in [1.54, 1.807) is 12.3 Å². The fourth-order valence-electron chi connectivity index (χ4n) is 2.88. The molecule has 154 valence electrons. The molecule has 1 aromatic heterocycles. The summed E-state index contributed by atoms with van der Waals surface area (Å²) in [5, 5.41) is 11.8. The molecule has 0 radical (unpaired) electrons. The van der Waals surface area contributed by atoms with Gasteiger partial charge in [-0.25, -0.2) is 4.79 Å². The van der Waals surface area contributed by atoms with Gasteiger partial charge in [0.2, 0.25) is 0 Å². The lowest BCUT2D eigenvalue weighted by molar-refractivity contribution is -0.139. The van der Waals surface area contributed by atoms with Crippen molar-refractivity contribution < 1.29 is 14.7 Å². The van der Waals surface area contributed by atoms with Gasteiger partial charge in [-0.05, 0) is 37.5 Å². The van der Waals surface area contributed by atoms with Crippen molar-refractivity contribution >= 4 is 17.8 Å². The molecular formula is C20H25N5O4. The van der Waals surface area contributed by atoms with Gasteiger partial charge in [0.25, 0.3) is 11.5 Å². The van der Waals surface area contributed by atoms with Crippen molar-refractivity contribution in [1.29, 1.82) is 0 Å². The Hall–Kier alpha value is -3.62. The molecule has 1 unspecified atom stereocenters. The Balaban J connectivity index is 2.16. The third-order valence-corrected chi connectivity index (χ3v) is 4.47. The van der Waals surface area contributed by atoms with Crippen LogP contribution in [0.5, 0.6) is 0 Å². The molecule has 0 fully saturated rings. The third kappa shape index (κ3) is 5.93. The van der Waals surface area contributed by atoms with Crippen molar-refractivity contribution in [2.75, 3.05) is 6.54 Å². The van der Waals surface area contributed by atoms with E-state index in [2.05, 4.69) is 10.3 Å². The fraction of sp³-hybridized carbons (Fsp3) is 0.300. The summed E-state index contributed by atoms with van der Waals surface area (Å²) in [6.07, 6.45) is 2.08. The summed E-state index contributed by atoms with van der Waals surface area (Å²) in [5.41, 5.74) is 10.8. The van der Waals surface area contributed by atoms with Crippen molar-refractivity contribution in [2.24, 2.45) is 16.5 Å². The van der Waals surface area contributed by atoms with Crippen LogP contribution in [0.1, 0.15) is 41.7 Å². The molecule has 9 heteroatoms. The van der Waals surface area contributed by atoms with E-state index in [9.17, 15) is 19.5 Å². The second-order valence-corrected chi connectivity index (χ2v) is 6.53. The van der Waals surface area contributed by atoms with E-state index in [-0.39, 0.29) is 30.5 Å². The highest BCUT2D eigenvalue weighted by molar-refractivity contribution is 5.96. The average molecular weight is 399 g/mol. The predicted octanol–water partition coefficient (Wildman–Crippen LogP) is 0.694. The molecule has 0 saturated carbocycles. The van der Waals surface area contributed by atoms with Gasteiger partial charge in [0, 0.05) is 12.7 Å². The number of hydrogen-bond acceptors (Lipinski definition) is 4. The summed E-state index contributed by atoms with van der Waals surface area (Å²) < 4.78 is 1.44. The number of benzene rings is 1. The summed E-state index contributed by atoms with van der Waals surface area (Å²) in [5.74, 6) is -2.02. The van der Waals surface area contributed by atoms with Crippen LogP contribution in [0, 0.1) is 0 Å². The van der Waals surface area contributed by atoms with Crippen LogP contribution in [0.15, 0.2) is 58.4 Å². The summed E-state index contributed by atoms with van der Waals surface area (Å²) in [4.78, 5) is 40.6. The molecule has 1 heterocycles. The number of carbonyl (C=O) groups excluding carboxylic acids is 1. The number of aromatic nitrogens is 1. The number of carboxylic acid groups (broad SMARTS) is 1. The van der Waals surface area contributed by atoms with Gasteiger partial charge in [0.05, 0.1) is 6.04 Å². The Kier molecular flexibility index (Phi) is 7.53. The predicted molar refractivity (Wildman–Crippen MR) is 110 cm³/mol. The molecule has 2 aromatic rings. The minimum absolute atomic E-state index is 0.0849. The standard InChI is InChI=1S/C20H25N5O4/c1-13(14-7-3-2-4-8-14)25-12-6-9-15(18(25)27)17(26)24-16(19(28)29)10-5-11-23-20(21)22/h2-4,6-9,12-13,16H,5,10-11H2,1H3,(H,24,26)(H,28,29)(H4,21,22,23)/t13?,16-/m0/s1. The molecule has 6 N–H and O–H groups in total. The molecule has 0 saturated heterocycles. The lowest BCUT2D eigenvalue weighted by Gasteiger charge is -2.17. The molecular weight excluding hydrogens is 374 g/mol. The molecule has 0 bridgehead atoms. The van der Waals surface area contributed by atoms with E-state index in [0.29, 0.717) is 6.42 Å². The van der Waals surface area contributed by atoms with Crippen LogP contribution < -0.4 is 22.3 Å². The van der Waals surface area contributed by atoms with Gasteiger partial charge in [0.15, 0.2) is 5.96 Å². The Morgan fingerprint density at radius 3 is 2.48 bits per heavy atom. The van der Waals surface area contributed by atoms with Crippen LogP contribution in [0.4, 0.5) is 0 Å². The fourth-order valence-corrected chi connectivity index (χ4v) is 2.88. The maximum atomic E-state index is 12.8. The number of rotatable bonds is 9. The Morgan fingerprint density at radius 1 is 1.17 bits per heavy atom. The molecule has 2 rings (SSSR count). The highest BCUT2D eigenvalue weighted by Crippen LogP contribution is 2.15. The lowest BCUT2D eigenvalue weighted by Crippen LogP contribution is -2.43. The van der Waals surface area contributed by atoms with E-state index in [0.717, 1.165) is 5.56 Å². The van der Waals surface area contributed by atoms with E-state index in [1.165, 1.54) is 10.6 Å². The number of carboxylic acids is 1. The second kappa shape index (κ2) is 10.1.